The zero-order valence-electron chi connectivity index (χ0n) is 11.5. The second-order valence-electron chi connectivity index (χ2n) is 4.24. The average molecular weight is 314 g/mol. The Bertz CT molecular complexity index is 738. The smallest absolute Gasteiger partial charge is 0.277 e. The minimum atomic E-state index is -0.425. The molecule has 2 aromatic carbocycles. The molecule has 0 unspecified atom stereocenters. The maximum absolute atomic E-state index is 11.6. The lowest BCUT2D eigenvalue weighted by Gasteiger charge is -2.06. The molecule has 0 aliphatic carbocycles. The third-order valence-corrected chi connectivity index (χ3v) is 2.85. The van der Waals surface area contributed by atoms with Crippen LogP contribution in [0.1, 0.15) is 11.1 Å². The van der Waals surface area contributed by atoms with Crippen LogP contribution in [0.2, 0.25) is 5.02 Å². The summed E-state index contributed by atoms with van der Waals surface area (Å²) in [6, 6.07) is 15.7. The molecule has 2 rings (SSSR count). The van der Waals surface area contributed by atoms with E-state index >= 15 is 0 Å². The summed E-state index contributed by atoms with van der Waals surface area (Å²) in [7, 11) is 0. The number of ether oxygens (including phenoxy) is 1. The van der Waals surface area contributed by atoms with Crippen LogP contribution in [0.4, 0.5) is 0 Å². The van der Waals surface area contributed by atoms with E-state index in [1.54, 1.807) is 48.5 Å². The molecule has 2 aromatic rings. The lowest BCUT2D eigenvalue weighted by molar-refractivity contribution is -0.123. The molecule has 0 saturated heterocycles. The zero-order valence-corrected chi connectivity index (χ0v) is 12.2. The van der Waals surface area contributed by atoms with Crippen LogP contribution < -0.4 is 10.2 Å². The number of para-hydroxylation sites is 1. The number of halogens is 1. The molecule has 0 atom stereocenters. The third-order valence-electron chi connectivity index (χ3n) is 2.62. The molecule has 0 spiro atoms. The summed E-state index contributed by atoms with van der Waals surface area (Å²) in [4.78, 5) is 11.6. The topological polar surface area (TPSA) is 74.5 Å². The second-order valence-corrected chi connectivity index (χ2v) is 4.68. The fourth-order valence-electron chi connectivity index (χ4n) is 1.63. The normalized spacial score (nSPS) is 10.2. The Morgan fingerprint density at radius 3 is 2.91 bits per heavy atom. The van der Waals surface area contributed by atoms with Gasteiger partial charge in [0.15, 0.2) is 6.61 Å². The predicted molar refractivity (Wildman–Crippen MR) is 83.8 cm³/mol. The molecule has 0 saturated carbocycles. The van der Waals surface area contributed by atoms with Gasteiger partial charge < -0.3 is 4.74 Å². The molecule has 6 heteroatoms. The van der Waals surface area contributed by atoms with Crippen molar-refractivity contribution in [3.8, 4) is 11.8 Å². The Labute approximate surface area is 132 Å². The number of carbonyl (C=O) groups is 1. The Morgan fingerprint density at radius 1 is 1.32 bits per heavy atom. The largest absolute Gasteiger partial charge is 0.482 e. The summed E-state index contributed by atoms with van der Waals surface area (Å²) in [6.45, 7) is -0.231. The van der Waals surface area contributed by atoms with Gasteiger partial charge in [-0.25, -0.2) is 5.43 Å². The highest BCUT2D eigenvalue weighted by Gasteiger charge is 2.05. The number of hydrogen-bond donors (Lipinski definition) is 1. The zero-order chi connectivity index (χ0) is 15.8. The molecule has 0 fully saturated rings. The first-order chi connectivity index (χ1) is 10.7. The van der Waals surface area contributed by atoms with Gasteiger partial charge in [-0.15, -0.1) is 0 Å². The van der Waals surface area contributed by atoms with E-state index in [0.29, 0.717) is 16.3 Å². The lowest BCUT2D eigenvalue weighted by atomic mass is 10.2. The molecule has 0 bridgehead atoms. The molecule has 22 heavy (non-hydrogen) atoms. The third kappa shape index (κ3) is 4.62. The Hall–Kier alpha value is -2.84. The fourth-order valence-corrected chi connectivity index (χ4v) is 1.82. The summed E-state index contributed by atoms with van der Waals surface area (Å²) in [5.41, 5.74) is 3.48. The van der Waals surface area contributed by atoms with Crippen LogP contribution in [0.5, 0.6) is 5.75 Å². The summed E-state index contributed by atoms with van der Waals surface area (Å²) >= 11 is 5.84. The number of amides is 1. The SMILES string of the molecule is N#Cc1ccccc1OCC(=O)N/N=C/c1cccc(Cl)c1. The van der Waals surface area contributed by atoms with Gasteiger partial charge in [0, 0.05) is 5.02 Å². The number of nitrogens with zero attached hydrogens (tertiary/aromatic N) is 2. The van der Waals surface area contributed by atoms with Crippen molar-refractivity contribution in [1.29, 1.82) is 5.26 Å². The van der Waals surface area contributed by atoms with E-state index in [1.807, 2.05) is 6.07 Å². The molecule has 5 nitrogen and oxygen atoms in total. The molecule has 0 aromatic heterocycles. The van der Waals surface area contributed by atoms with Crippen LogP contribution in [0.25, 0.3) is 0 Å². The molecule has 1 amide bonds. The first-order valence-electron chi connectivity index (χ1n) is 6.38. The van der Waals surface area contributed by atoms with E-state index in [2.05, 4.69) is 10.5 Å². The van der Waals surface area contributed by atoms with Crippen molar-refractivity contribution < 1.29 is 9.53 Å². The molecule has 0 radical (unpaired) electrons. The standard InChI is InChI=1S/C16H12ClN3O2/c17-14-6-3-4-12(8-14)10-19-20-16(21)11-22-15-7-2-1-5-13(15)9-18/h1-8,10H,11H2,(H,20,21)/b19-10+. The fraction of sp³-hybridized carbons (Fsp3) is 0.0625. The summed E-state index contributed by atoms with van der Waals surface area (Å²) in [5, 5.41) is 13.3. The van der Waals surface area contributed by atoms with Gasteiger partial charge in [0.05, 0.1) is 11.8 Å². The van der Waals surface area contributed by atoms with Crippen LogP contribution in [0.3, 0.4) is 0 Å². The van der Waals surface area contributed by atoms with E-state index in [4.69, 9.17) is 21.6 Å². The van der Waals surface area contributed by atoms with Crippen LogP contribution in [-0.2, 0) is 4.79 Å². The van der Waals surface area contributed by atoms with Crippen molar-refractivity contribution in [3.05, 3.63) is 64.7 Å². The first kappa shape index (κ1) is 15.5. The van der Waals surface area contributed by atoms with Crippen LogP contribution in [-0.4, -0.2) is 18.7 Å². The van der Waals surface area contributed by atoms with Gasteiger partial charge in [-0.3, -0.25) is 4.79 Å². The van der Waals surface area contributed by atoms with Gasteiger partial charge in [0.25, 0.3) is 5.91 Å². The molecule has 110 valence electrons. The molecule has 1 N–H and O–H groups in total. The highest BCUT2D eigenvalue weighted by Crippen LogP contribution is 2.16. The Kier molecular flexibility index (Phi) is 5.52. The van der Waals surface area contributed by atoms with Gasteiger partial charge in [0.2, 0.25) is 0 Å². The van der Waals surface area contributed by atoms with E-state index in [0.717, 1.165) is 5.56 Å². The Balaban J connectivity index is 1.85. The number of rotatable bonds is 5. The summed E-state index contributed by atoms with van der Waals surface area (Å²) < 4.78 is 5.28. The molecule has 0 heterocycles. The quantitative estimate of drug-likeness (QED) is 0.681. The van der Waals surface area contributed by atoms with E-state index in [9.17, 15) is 4.79 Å². The molecule has 0 aliphatic heterocycles. The molecular formula is C16H12ClN3O2. The van der Waals surface area contributed by atoms with Crippen molar-refractivity contribution in [2.45, 2.75) is 0 Å². The van der Waals surface area contributed by atoms with Crippen molar-refractivity contribution in [1.82, 2.24) is 5.43 Å². The van der Waals surface area contributed by atoms with Crippen molar-refractivity contribution >= 4 is 23.7 Å². The van der Waals surface area contributed by atoms with E-state index in [-0.39, 0.29) is 6.61 Å². The number of hydrogen-bond acceptors (Lipinski definition) is 4. The van der Waals surface area contributed by atoms with Crippen molar-refractivity contribution in [3.63, 3.8) is 0 Å². The highest BCUT2D eigenvalue weighted by atomic mass is 35.5. The number of nitrogens with one attached hydrogen (secondary N) is 1. The van der Waals surface area contributed by atoms with Gasteiger partial charge >= 0.3 is 0 Å². The maximum atomic E-state index is 11.6. The molecular weight excluding hydrogens is 302 g/mol. The molecule has 0 aliphatic rings. The van der Waals surface area contributed by atoms with E-state index < -0.39 is 5.91 Å². The van der Waals surface area contributed by atoms with Gasteiger partial charge in [-0.05, 0) is 29.8 Å². The van der Waals surface area contributed by atoms with Crippen molar-refractivity contribution in [2.24, 2.45) is 5.10 Å². The van der Waals surface area contributed by atoms with Gasteiger partial charge in [0.1, 0.15) is 11.8 Å². The van der Waals surface area contributed by atoms with E-state index in [1.165, 1.54) is 6.21 Å². The number of nitriles is 1. The minimum absolute atomic E-state index is 0.231. The number of carbonyl (C=O) groups excluding carboxylic acids is 1. The summed E-state index contributed by atoms with van der Waals surface area (Å²) in [5.74, 6) is -0.0648. The van der Waals surface area contributed by atoms with Crippen LogP contribution >= 0.6 is 11.6 Å². The van der Waals surface area contributed by atoms with Gasteiger partial charge in [-0.2, -0.15) is 10.4 Å². The van der Waals surface area contributed by atoms with Crippen molar-refractivity contribution in [2.75, 3.05) is 6.61 Å². The highest BCUT2D eigenvalue weighted by molar-refractivity contribution is 6.30. The Morgan fingerprint density at radius 2 is 2.14 bits per heavy atom. The monoisotopic (exact) mass is 313 g/mol. The number of hydrazone groups is 1. The average Bonchev–Trinajstić information content (AvgIpc) is 2.53. The van der Waals surface area contributed by atoms with Crippen LogP contribution in [0.15, 0.2) is 53.6 Å². The van der Waals surface area contributed by atoms with Gasteiger partial charge in [-0.1, -0.05) is 35.9 Å². The maximum Gasteiger partial charge on any atom is 0.277 e. The summed E-state index contributed by atoms with van der Waals surface area (Å²) in [6.07, 6.45) is 1.48. The minimum Gasteiger partial charge on any atom is -0.482 e. The van der Waals surface area contributed by atoms with Crippen LogP contribution in [0, 0.1) is 11.3 Å². The second kappa shape index (κ2) is 7.81. The number of benzene rings is 2. The lowest BCUT2D eigenvalue weighted by Crippen LogP contribution is -2.24. The first-order valence-corrected chi connectivity index (χ1v) is 6.76. The predicted octanol–water partition coefficient (Wildman–Crippen LogP) is 2.74.